The van der Waals surface area contributed by atoms with E-state index >= 15 is 0 Å². The van der Waals surface area contributed by atoms with Gasteiger partial charge in [0, 0.05) is 22.8 Å². The molecule has 2 aromatic rings. The van der Waals surface area contributed by atoms with Gasteiger partial charge in [-0.15, -0.1) is 0 Å². The largest absolute Gasteiger partial charge is 0.458 e. The van der Waals surface area contributed by atoms with E-state index in [1.165, 1.54) is 31.2 Å². The molecule has 3 nitrogen and oxygen atoms in total. The first-order valence-electron chi connectivity index (χ1n) is 8.54. The van der Waals surface area contributed by atoms with Crippen LogP contribution in [0, 0.1) is 11.6 Å². The predicted molar refractivity (Wildman–Crippen MR) is 101 cm³/mol. The number of carbonyl (C=O) groups is 1. The van der Waals surface area contributed by atoms with Crippen LogP contribution < -0.4 is 4.74 Å². The van der Waals surface area contributed by atoms with Gasteiger partial charge in [-0.1, -0.05) is 25.6 Å². The third-order valence-corrected chi connectivity index (χ3v) is 4.03. The van der Waals surface area contributed by atoms with Crippen LogP contribution in [-0.2, 0) is 16.0 Å². The molecular formula is C22H22F2O3. The second-order valence-corrected chi connectivity index (χ2v) is 6.19. The standard InChI is InChI=1S/C22H22F2O3/c1-6-16-7-9-18(20(23)11-16)19-10-8-17(12-21(19)24)26-14(4)15(5)27-22(25)13(2)3/h7-12H,2,6H2,1,3-5H3/b15-14+. The Balaban J connectivity index is 2.24. The summed E-state index contributed by atoms with van der Waals surface area (Å²) < 4.78 is 39.4. The highest BCUT2D eigenvalue weighted by Crippen LogP contribution is 2.30. The van der Waals surface area contributed by atoms with E-state index in [9.17, 15) is 13.6 Å². The summed E-state index contributed by atoms with van der Waals surface area (Å²) in [5, 5.41) is 0. The van der Waals surface area contributed by atoms with E-state index in [0.717, 1.165) is 5.56 Å². The van der Waals surface area contributed by atoms with E-state index in [2.05, 4.69) is 6.58 Å². The van der Waals surface area contributed by atoms with Gasteiger partial charge in [-0.05, 0) is 51.0 Å². The summed E-state index contributed by atoms with van der Waals surface area (Å²) in [5.74, 6) is -0.891. The molecule has 142 valence electrons. The Morgan fingerprint density at radius 3 is 2.07 bits per heavy atom. The van der Waals surface area contributed by atoms with Gasteiger partial charge in [0.1, 0.15) is 28.9 Å². The molecule has 0 saturated heterocycles. The second kappa shape index (κ2) is 8.62. The average molecular weight is 372 g/mol. The number of allylic oxidation sites excluding steroid dienone is 2. The van der Waals surface area contributed by atoms with Gasteiger partial charge in [0.05, 0.1) is 0 Å². The third kappa shape index (κ3) is 5.03. The van der Waals surface area contributed by atoms with Crippen molar-refractivity contribution in [2.24, 2.45) is 0 Å². The summed E-state index contributed by atoms with van der Waals surface area (Å²) in [6, 6.07) is 8.90. The molecule has 0 amide bonds. The molecule has 0 unspecified atom stereocenters. The normalized spacial score (nSPS) is 11.6. The Morgan fingerprint density at radius 1 is 0.963 bits per heavy atom. The van der Waals surface area contributed by atoms with Crippen molar-refractivity contribution < 1.29 is 23.0 Å². The van der Waals surface area contributed by atoms with Gasteiger partial charge in [0.2, 0.25) is 0 Å². The van der Waals surface area contributed by atoms with Crippen molar-refractivity contribution in [3.8, 4) is 16.9 Å². The molecule has 27 heavy (non-hydrogen) atoms. The number of hydrogen-bond donors (Lipinski definition) is 0. The molecule has 0 aliphatic heterocycles. The van der Waals surface area contributed by atoms with Crippen LogP contribution in [0.25, 0.3) is 11.1 Å². The van der Waals surface area contributed by atoms with Gasteiger partial charge in [0.15, 0.2) is 0 Å². The molecule has 0 fully saturated rings. The molecule has 0 spiro atoms. The SMILES string of the molecule is C=C(C)C(=O)O/C(C)=C(\C)Oc1ccc(-c2ccc(CC)cc2F)c(F)c1. The van der Waals surface area contributed by atoms with Gasteiger partial charge in [-0.25, -0.2) is 13.6 Å². The first kappa shape index (κ1) is 20.4. The van der Waals surface area contributed by atoms with Gasteiger partial charge in [-0.3, -0.25) is 0 Å². The second-order valence-electron chi connectivity index (χ2n) is 6.19. The summed E-state index contributed by atoms with van der Waals surface area (Å²) in [7, 11) is 0. The van der Waals surface area contributed by atoms with Crippen LogP contribution in [0.5, 0.6) is 5.75 Å². The number of halogens is 2. The topological polar surface area (TPSA) is 35.5 Å². The summed E-state index contributed by atoms with van der Waals surface area (Å²) in [6.07, 6.45) is 0.702. The zero-order valence-corrected chi connectivity index (χ0v) is 15.9. The summed E-state index contributed by atoms with van der Waals surface area (Å²) in [4.78, 5) is 11.5. The average Bonchev–Trinajstić information content (AvgIpc) is 2.62. The van der Waals surface area contributed by atoms with Crippen molar-refractivity contribution >= 4 is 5.97 Å². The van der Waals surface area contributed by atoms with E-state index in [1.807, 2.05) is 6.92 Å². The Bertz CT molecular complexity index is 914. The zero-order chi connectivity index (χ0) is 20.1. The molecule has 0 saturated carbocycles. The van der Waals surface area contributed by atoms with E-state index in [4.69, 9.17) is 9.47 Å². The van der Waals surface area contributed by atoms with Crippen molar-refractivity contribution in [2.75, 3.05) is 0 Å². The number of hydrogen-bond acceptors (Lipinski definition) is 3. The first-order chi connectivity index (χ1) is 12.7. The lowest BCUT2D eigenvalue weighted by atomic mass is 10.0. The lowest BCUT2D eigenvalue weighted by molar-refractivity contribution is -0.135. The summed E-state index contributed by atoms with van der Waals surface area (Å²) in [5.41, 5.74) is 1.44. The molecule has 0 atom stereocenters. The van der Waals surface area contributed by atoms with Crippen LogP contribution in [0.4, 0.5) is 8.78 Å². The van der Waals surface area contributed by atoms with Crippen molar-refractivity contribution in [3.63, 3.8) is 0 Å². The number of aryl methyl sites for hydroxylation is 1. The highest BCUT2D eigenvalue weighted by Gasteiger charge is 2.13. The number of benzene rings is 2. The quantitative estimate of drug-likeness (QED) is 0.357. The Labute approximate surface area is 157 Å². The molecule has 0 aliphatic carbocycles. The lowest BCUT2D eigenvalue weighted by Gasteiger charge is -2.12. The van der Waals surface area contributed by atoms with Crippen molar-refractivity contribution in [1.82, 2.24) is 0 Å². The molecule has 0 aromatic heterocycles. The maximum absolute atomic E-state index is 14.5. The fourth-order valence-corrected chi connectivity index (χ4v) is 2.32. The van der Waals surface area contributed by atoms with E-state index in [1.54, 1.807) is 26.0 Å². The minimum absolute atomic E-state index is 0.148. The highest BCUT2D eigenvalue weighted by atomic mass is 19.1. The number of rotatable bonds is 6. The van der Waals surface area contributed by atoms with E-state index in [0.29, 0.717) is 12.2 Å². The number of ether oxygens (including phenoxy) is 2. The van der Waals surface area contributed by atoms with Gasteiger partial charge in [0.25, 0.3) is 0 Å². The number of esters is 1. The Hall–Kier alpha value is -2.95. The molecule has 2 rings (SSSR count). The molecule has 0 bridgehead atoms. The fourth-order valence-electron chi connectivity index (χ4n) is 2.32. The fraction of sp³-hybridized carbons (Fsp3) is 0.227. The molecular weight excluding hydrogens is 350 g/mol. The molecule has 5 heteroatoms. The predicted octanol–water partition coefficient (Wildman–Crippen LogP) is 5.94. The maximum atomic E-state index is 14.5. The Kier molecular flexibility index (Phi) is 6.50. The van der Waals surface area contributed by atoms with Gasteiger partial charge >= 0.3 is 5.97 Å². The number of carbonyl (C=O) groups excluding carboxylic acids is 1. The lowest BCUT2D eigenvalue weighted by Crippen LogP contribution is -2.06. The van der Waals surface area contributed by atoms with Crippen LogP contribution in [-0.4, -0.2) is 5.97 Å². The first-order valence-corrected chi connectivity index (χ1v) is 8.54. The third-order valence-electron chi connectivity index (χ3n) is 4.03. The minimum atomic E-state index is -0.611. The summed E-state index contributed by atoms with van der Waals surface area (Å²) in [6.45, 7) is 10.1. The van der Waals surface area contributed by atoms with Gasteiger partial charge < -0.3 is 9.47 Å². The van der Waals surface area contributed by atoms with Crippen LogP contribution in [0.2, 0.25) is 0 Å². The van der Waals surface area contributed by atoms with Crippen molar-refractivity contribution in [2.45, 2.75) is 34.1 Å². The highest BCUT2D eigenvalue weighted by molar-refractivity contribution is 5.87. The Morgan fingerprint density at radius 2 is 1.56 bits per heavy atom. The zero-order valence-electron chi connectivity index (χ0n) is 15.9. The molecule has 0 radical (unpaired) electrons. The van der Waals surface area contributed by atoms with Crippen LogP contribution >= 0.6 is 0 Å². The molecule has 2 aromatic carbocycles. The van der Waals surface area contributed by atoms with Crippen LogP contribution in [0.3, 0.4) is 0 Å². The monoisotopic (exact) mass is 372 g/mol. The maximum Gasteiger partial charge on any atom is 0.338 e. The minimum Gasteiger partial charge on any atom is -0.458 e. The summed E-state index contributed by atoms with van der Waals surface area (Å²) >= 11 is 0. The molecule has 0 N–H and O–H groups in total. The van der Waals surface area contributed by atoms with Crippen LogP contribution in [0.1, 0.15) is 33.3 Å². The van der Waals surface area contributed by atoms with E-state index in [-0.39, 0.29) is 28.2 Å². The van der Waals surface area contributed by atoms with Crippen molar-refractivity contribution in [1.29, 1.82) is 0 Å². The molecule has 0 heterocycles. The van der Waals surface area contributed by atoms with Gasteiger partial charge in [-0.2, -0.15) is 0 Å². The van der Waals surface area contributed by atoms with Crippen LogP contribution in [0.15, 0.2) is 60.1 Å². The van der Waals surface area contributed by atoms with Crippen molar-refractivity contribution in [3.05, 3.63) is 77.3 Å². The van der Waals surface area contributed by atoms with E-state index < -0.39 is 17.6 Å². The molecule has 0 aliphatic rings. The smallest absolute Gasteiger partial charge is 0.338 e.